The van der Waals surface area contributed by atoms with Crippen molar-refractivity contribution in [3.05, 3.63) is 35.3 Å². The van der Waals surface area contributed by atoms with Gasteiger partial charge >= 0.3 is 23.9 Å². The standard InChI is InChI=1S/C35H48O11/c1-17(2)32(40)46-31-29-30-33(6,16-43-29)25(44-19(4)36)14-26(45-20(5)37)34(30,7)24(13-27(39)41-9)35(31,8)28-18(3)22(12-23(28)38)21-10-11-42-15-21/h10-11,15,17,22-26,29-31,38H,12-14,16H2,1-9H3. The molecule has 11 atom stereocenters. The van der Waals surface area contributed by atoms with E-state index in [0.29, 0.717) is 12.0 Å². The van der Waals surface area contributed by atoms with E-state index in [0.717, 1.165) is 11.1 Å². The second-order valence-corrected chi connectivity index (χ2v) is 14.6. The van der Waals surface area contributed by atoms with Gasteiger partial charge in [0.15, 0.2) is 0 Å². The molecule has 1 N–H and O–H groups in total. The van der Waals surface area contributed by atoms with Crippen LogP contribution in [0.15, 0.2) is 34.2 Å². The van der Waals surface area contributed by atoms with Crippen molar-refractivity contribution in [2.75, 3.05) is 13.7 Å². The molecule has 11 heteroatoms. The predicted octanol–water partition coefficient (Wildman–Crippen LogP) is 4.51. The lowest BCUT2D eigenvalue weighted by atomic mass is 9.39. The van der Waals surface area contributed by atoms with Crippen molar-refractivity contribution in [2.45, 2.75) is 111 Å². The maximum Gasteiger partial charge on any atom is 0.308 e. The minimum absolute atomic E-state index is 0.117. The van der Waals surface area contributed by atoms with Crippen molar-refractivity contribution < 1.29 is 52.4 Å². The van der Waals surface area contributed by atoms with Crippen LogP contribution in [0.25, 0.3) is 0 Å². The van der Waals surface area contributed by atoms with E-state index in [4.69, 9.17) is 28.1 Å². The van der Waals surface area contributed by atoms with Gasteiger partial charge in [-0.1, -0.05) is 40.2 Å². The normalized spacial score (nSPS) is 40.0. The molecule has 0 spiro atoms. The summed E-state index contributed by atoms with van der Waals surface area (Å²) in [5.41, 5.74) is -0.500. The van der Waals surface area contributed by atoms with Gasteiger partial charge in [-0.3, -0.25) is 19.2 Å². The minimum atomic E-state index is -1.19. The first kappa shape index (κ1) is 34.2. The van der Waals surface area contributed by atoms with Gasteiger partial charge in [0.25, 0.3) is 0 Å². The summed E-state index contributed by atoms with van der Waals surface area (Å²) in [6.07, 6.45) is -0.433. The highest BCUT2D eigenvalue weighted by Crippen LogP contribution is 2.72. The van der Waals surface area contributed by atoms with Crippen LogP contribution >= 0.6 is 0 Å². The Morgan fingerprint density at radius 2 is 1.67 bits per heavy atom. The van der Waals surface area contributed by atoms with Gasteiger partial charge in [0.05, 0.1) is 44.4 Å². The summed E-state index contributed by atoms with van der Waals surface area (Å²) in [5, 5.41) is 11.9. The molecule has 2 heterocycles. The zero-order valence-electron chi connectivity index (χ0n) is 28.3. The van der Waals surface area contributed by atoms with Crippen molar-refractivity contribution >= 4 is 23.9 Å². The van der Waals surface area contributed by atoms with Crippen molar-refractivity contribution in [1.82, 2.24) is 0 Å². The average Bonchev–Trinajstić information content (AvgIpc) is 3.70. The second-order valence-electron chi connectivity index (χ2n) is 14.6. The van der Waals surface area contributed by atoms with Crippen molar-refractivity contribution in [2.24, 2.45) is 34.0 Å². The number of hydrogen-bond acceptors (Lipinski definition) is 11. The van der Waals surface area contributed by atoms with Gasteiger partial charge in [-0.2, -0.15) is 0 Å². The molecule has 5 rings (SSSR count). The topological polar surface area (TPSA) is 148 Å². The molecule has 1 saturated heterocycles. The molecule has 1 aromatic heterocycles. The highest BCUT2D eigenvalue weighted by atomic mass is 16.6. The van der Waals surface area contributed by atoms with E-state index >= 15 is 0 Å². The van der Waals surface area contributed by atoms with E-state index in [2.05, 4.69) is 0 Å². The van der Waals surface area contributed by atoms with Crippen LogP contribution in [-0.4, -0.2) is 73.2 Å². The van der Waals surface area contributed by atoms with Crippen LogP contribution in [0.2, 0.25) is 0 Å². The molecular weight excluding hydrogens is 596 g/mol. The first-order valence-electron chi connectivity index (χ1n) is 16.2. The zero-order chi connectivity index (χ0) is 33.9. The molecule has 0 radical (unpaired) electrons. The van der Waals surface area contributed by atoms with Gasteiger partial charge in [-0.25, -0.2) is 0 Å². The fourth-order valence-corrected chi connectivity index (χ4v) is 9.85. The van der Waals surface area contributed by atoms with E-state index < -0.39 is 88.4 Å². The lowest BCUT2D eigenvalue weighted by molar-refractivity contribution is -0.261. The summed E-state index contributed by atoms with van der Waals surface area (Å²) >= 11 is 0. The fraction of sp³-hybridized carbons (Fsp3) is 0.714. The van der Waals surface area contributed by atoms with E-state index in [1.165, 1.54) is 21.0 Å². The van der Waals surface area contributed by atoms with E-state index in [1.807, 2.05) is 33.8 Å². The Hall–Kier alpha value is -3.18. The van der Waals surface area contributed by atoms with Gasteiger partial charge in [-0.05, 0) is 36.5 Å². The van der Waals surface area contributed by atoms with Gasteiger partial charge in [-0.15, -0.1) is 0 Å². The first-order chi connectivity index (χ1) is 21.5. The van der Waals surface area contributed by atoms with Gasteiger partial charge in [0.2, 0.25) is 0 Å². The van der Waals surface area contributed by atoms with E-state index in [-0.39, 0.29) is 25.4 Å². The third kappa shape index (κ3) is 5.18. The molecule has 0 amide bonds. The number of ether oxygens (including phenoxy) is 5. The number of allylic oxidation sites excluding steroid dienone is 1. The molecule has 2 saturated carbocycles. The molecule has 0 aromatic carbocycles. The number of furan rings is 1. The number of carbonyl (C=O) groups excluding carboxylic acids is 4. The van der Waals surface area contributed by atoms with Gasteiger partial charge in [0, 0.05) is 54.8 Å². The zero-order valence-corrected chi connectivity index (χ0v) is 28.3. The van der Waals surface area contributed by atoms with E-state index in [1.54, 1.807) is 26.4 Å². The Morgan fingerprint density at radius 3 is 2.24 bits per heavy atom. The molecule has 1 aliphatic heterocycles. The smallest absolute Gasteiger partial charge is 0.308 e. The van der Waals surface area contributed by atoms with Crippen molar-refractivity contribution in [3.63, 3.8) is 0 Å². The number of aliphatic hydroxyl groups excluding tert-OH is 1. The van der Waals surface area contributed by atoms with Crippen LogP contribution < -0.4 is 0 Å². The number of rotatable bonds is 8. The first-order valence-corrected chi connectivity index (χ1v) is 16.2. The largest absolute Gasteiger partial charge is 0.472 e. The summed E-state index contributed by atoms with van der Waals surface area (Å²) in [5.74, 6) is -3.75. The lowest BCUT2D eigenvalue weighted by Gasteiger charge is -2.66. The highest BCUT2D eigenvalue weighted by Gasteiger charge is 2.77. The van der Waals surface area contributed by atoms with E-state index in [9.17, 15) is 24.3 Å². The Labute approximate surface area is 270 Å². The molecule has 11 unspecified atom stereocenters. The number of aliphatic hydroxyl groups is 1. The Bertz CT molecular complexity index is 1400. The summed E-state index contributed by atoms with van der Waals surface area (Å²) in [6.45, 7) is 14.2. The summed E-state index contributed by atoms with van der Waals surface area (Å²) < 4.78 is 35.8. The van der Waals surface area contributed by atoms with Crippen molar-refractivity contribution in [3.8, 4) is 0 Å². The molecule has 0 bridgehead atoms. The molecule has 254 valence electrons. The average molecular weight is 645 g/mol. The van der Waals surface area contributed by atoms with Crippen LogP contribution in [0.5, 0.6) is 0 Å². The lowest BCUT2D eigenvalue weighted by Crippen LogP contribution is -2.72. The fourth-order valence-electron chi connectivity index (χ4n) is 9.85. The predicted molar refractivity (Wildman–Crippen MR) is 163 cm³/mol. The number of methoxy groups -OCH3 is 1. The third-order valence-corrected chi connectivity index (χ3v) is 11.7. The molecule has 46 heavy (non-hydrogen) atoms. The summed E-state index contributed by atoms with van der Waals surface area (Å²) in [6, 6.07) is 1.87. The molecule has 3 fully saturated rings. The third-order valence-electron chi connectivity index (χ3n) is 11.7. The SMILES string of the molecule is COC(=O)CC1C(C)(C2=C(C)C(c3ccoc3)CC2O)C(OC(=O)C(C)C)C2OCC3(C)C(OC(C)=O)CC(OC(C)=O)C1(C)C23. The molecule has 1 aromatic rings. The summed E-state index contributed by atoms with van der Waals surface area (Å²) in [7, 11) is 1.32. The number of carbonyl (C=O) groups is 4. The Kier molecular flexibility index (Phi) is 9.00. The monoisotopic (exact) mass is 644 g/mol. The van der Waals surface area contributed by atoms with Crippen molar-refractivity contribution in [1.29, 1.82) is 0 Å². The van der Waals surface area contributed by atoms with Crippen LogP contribution in [0.1, 0.15) is 86.1 Å². The molecule has 3 aliphatic carbocycles. The maximum atomic E-state index is 13.5. The van der Waals surface area contributed by atoms with Gasteiger partial charge < -0.3 is 33.2 Å². The minimum Gasteiger partial charge on any atom is -0.472 e. The maximum absolute atomic E-state index is 13.5. The van der Waals surface area contributed by atoms with Crippen LogP contribution in [0.4, 0.5) is 0 Å². The van der Waals surface area contributed by atoms with Gasteiger partial charge in [0.1, 0.15) is 18.3 Å². The molecular formula is C35H48O11. The molecule has 4 aliphatic rings. The Morgan fingerprint density at radius 1 is 1.02 bits per heavy atom. The molecule has 11 nitrogen and oxygen atoms in total. The summed E-state index contributed by atoms with van der Waals surface area (Å²) in [4.78, 5) is 52.0. The number of esters is 4. The van der Waals surface area contributed by atoms with Crippen LogP contribution in [-0.2, 0) is 42.9 Å². The Balaban J connectivity index is 1.81. The van der Waals surface area contributed by atoms with Crippen LogP contribution in [0.3, 0.4) is 0 Å². The second kappa shape index (κ2) is 12.1. The van der Waals surface area contributed by atoms with Crippen LogP contribution in [0, 0.1) is 34.0 Å². The number of hydrogen-bond donors (Lipinski definition) is 1. The quantitative estimate of drug-likeness (QED) is 0.242. The highest BCUT2D eigenvalue weighted by molar-refractivity contribution is 5.73.